The molecule has 0 radical (unpaired) electrons. The van der Waals surface area contributed by atoms with Crippen LogP contribution >= 0.6 is 23.2 Å². The molecule has 4 aromatic rings. The Labute approximate surface area is 242 Å². The van der Waals surface area contributed by atoms with Gasteiger partial charge in [0.05, 0.1) is 36.7 Å². The Bertz CT molecular complexity index is 1450. The minimum atomic E-state index is -0.736. The van der Waals surface area contributed by atoms with E-state index in [0.717, 1.165) is 42.8 Å². The van der Waals surface area contributed by atoms with Crippen molar-refractivity contribution in [3.8, 4) is 22.9 Å². The Balaban J connectivity index is 1.32. The first-order valence-electron chi connectivity index (χ1n) is 12.9. The van der Waals surface area contributed by atoms with Crippen LogP contribution in [0.25, 0.3) is 11.3 Å². The summed E-state index contributed by atoms with van der Waals surface area (Å²) in [5.41, 5.74) is 3.45. The number of hydrogen-bond donors (Lipinski definition) is 2. The lowest BCUT2D eigenvalue weighted by Gasteiger charge is -2.31. The van der Waals surface area contributed by atoms with E-state index in [1.165, 1.54) is 0 Å². The van der Waals surface area contributed by atoms with Gasteiger partial charge in [-0.1, -0.05) is 23.2 Å². The first-order valence-corrected chi connectivity index (χ1v) is 13.7. The lowest BCUT2D eigenvalue weighted by molar-refractivity contribution is -0.138. The van der Waals surface area contributed by atoms with Gasteiger partial charge in [-0.05, 0) is 61.7 Å². The summed E-state index contributed by atoms with van der Waals surface area (Å²) in [7, 11) is 1.93. The maximum Gasteiger partial charge on any atom is 0.303 e. The first-order chi connectivity index (χ1) is 19.3. The monoisotopic (exact) mass is 581 g/mol. The molecule has 0 atom stereocenters. The quantitative estimate of drug-likeness (QED) is 0.244. The second-order valence-corrected chi connectivity index (χ2v) is 10.7. The summed E-state index contributed by atoms with van der Waals surface area (Å²) in [5.74, 6) is 0.788. The van der Waals surface area contributed by atoms with E-state index in [-0.39, 0.29) is 12.3 Å². The van der Waals surface area contributed by atoms with Crippen molar-refractivity contribution in [1.29, 1.82) is 0 Å². The van der Waals surface area contributed by atoms with Crippen molar-refractivity contribution < 1.29 is 14.6 Å². The summed E-state index contributed by atoms with van der Waals surface area (Å²) < 4.78 is 8.01. The number of benzene rings is 1. The molecule has 1 fully saturated rings. The molecule has 1 aliphatic rings. The van der Waals surface area contributed by atoms with Gasteiger partial charge in [0.15, 0.2) is 5.75 Å². The largest absolute Gasteiger partial charge is 0.481 e. The normalized spacial score (nSPS) is 14.3. The van der Waals surface area contributed by atoms with Crippen LogP contribution in [0, 0.1) is 5.92 Å². The molecule has 0 spiro atoms. The number of carboxylic acids is 1. The number of rotatable bonds is 10. The van der Waals surface area contributed by atoms with Gasteiger partial charge in [-0.2, -0.15) is 0 Å². The van der Waals surface area contributed by atoms with Crippen LogP contribution in [0.15, 0.2) is 55.2 Å². The fourth-order valence-corrected chi connectivity index (χ4v) is 5.24. The van der Waals surface area contributed by atoms with Gasteiger partial charge in [-0.15, -0.1) is 0 Å². The average molecular weight is 582 g/mol. The number of imidazole rings is 1. The molecular weight excluding hydrogens is 553 g/mol. The van der Waals surface area contributed by atoms with Gasteiger partial charge in [0.25, 0.3) is 0 Å². The van der Waals surface area contributed by atoms with E-state index in [4.69, 9.17) is 38.0 Å². The highest BCUT2D eigenvalue weighted by Gasteiger charge is 2.22. The van der Waals surface area contributed by atoms with Crippen LogP contribution in [0.3, 0.4) is 0 Å². The van der Waals surface area contributed by atoms with Crippen molar-refractivity contribution in [2.75, 3.05) is 18.4 Å². The smallest absolute Gasteiger partial charge is 0.303 e. The predicted octanol–water partition coefficient (Wildman–Crippen LogP) is 5.67. The highest BCUT2D eigenvalue weighted by Crippen LogP contribution is 2.31. The first kappa shape index (κ1) is 27.8. The van der Waals surface area contributed by atoms with Gasteiger partial charge in [0.2, 0.25) is 11.8 Å². The second kappa shape index (κ2) is 12.6. The number of aryl methyl sites for hydroxylation is 1. The molecule has 0 unspecified atom stereocenters. The van der Waals surface area contributed by atoms with Crippen molar-refractivity contribution in [2.24, 2.45) is 13.0 Å². The van der Waals surface area contributed by atoms with Crippen LogP contribution in [-0.4, -0.2) is 53.6 Å². The summed E-state index contributed by atoms with van der Waals surface area (Å²) in [4.78, 5) is 31.0. The zero-order valence-corrected chi connectivity index (χ0v) is 23.4. The number of hydrogen-bond acceptors (Lipinski definition) is 8. The minimum absolute atomic E-state index is 0.218. The van der Waals surface area contributed by atoms with E-state index in [9.17, 15) is 4.79 Å². The number of nitrogens with one attached hydrogen (secondary N) is 1. The molecule has 0 saturated carbocycles. The molecule has 10 nitrogen and oxygen atoms in total. The molecule has 1 aliphatic heterocycles. The number of carboxylic acid groups (broad SMARTS) is 1. The standard InChI is InChI=1S/C28H29Cl2N7O3/c1-36-17-31-12-23(36)13-32-28-33-14-24(15-34-28)40-26-7-19(16-37-4-2-18(3-5-37)8-27(38)39)6-25(35-26)20-9-21(29)11-22(30)10-20/h6-7,9-12,14-15,17-18H,2-5,8,13,16H2,1H3,(H,38,39)(H,32,33,34). The number of piperidine rings is 1. The SMILES string of the molecule is Cn1cncc1CNc1ncc(Oc2cc(CN3CCC(CC(=O)O)CC3)cc(-c3cc(Cl)cc(Cl)c3)n2)cn1. The number of nitrogens with zero attached hydrogens (tertiary/aromatic N) is 6. The van der Waals surface area contributed by atoms with E-state index in [2.05, 4.69) is 25.2 Å². The number of ether oxygens (including phenoxy) is 1. The van der Waals surface area contributed by atoms with Crippen molar-refractivity contribution in [1.82, 2.24) is 29.4 Å². The Morgan fingerprint density at radius 2 is 1.80 bits per heavy atom. The fourth-order valence-electron chi connectivity index (χ4n) is 4.71. The summed E-state index contributed by atoms with van der Waals surface area (Å²) >= 11 is 12.6. The van der Waals surface area contributed by atoms with Crippen LogP contribution in [0.2, 0.25) is 10.0 Å². The van der Waals surface area contributed by atoms with Crippen LogP contribution in [0.5, 0.6) is 11.6 Å². The highest BCUT2D eigenvalue weighted by atomic mass is 35.5. The van der Waals surface area contributed by atoms with E-state index >= 15 is 0 Å². The predicted molar refractivity (Wildman–Crippen MR) is 153 cm³/mol. The summed E-state index contributed by atoms with van der Waals surface area (Å²) in [6.07, 6.45) is 8.65. The summed E-state index contributed by atoms with van der Waals surface area (Å²) in [5, 5.41) is 13.3. The second-order valence-electron chi connectivity index (χ2n) is 9.87. The third-order valence-corrected chi connectivity index (χ3v) is 7.23. The minimum Gasteiger partial charge on any atom is -0.481 e. The van der Waals surface area contributed by atoms with Gasteiger partial charge in [0, 0.05) is 47.9 Å². The molecule has 1 saturated heterocycles. The number of halogens is 2. The lowest BCUT2D eigenvalue weighted by Crippen LogP contribution is -2.33. The van der Waals surface area contributed by atoms with Gasteiger partial charge < -0.3 is 19.7 Å². The molecule has 2 N–H and O–H groups in total. The van der Waals surface area contributed by atoms with Crippen LogP contribution in [0.4, 0.5) is 5.95 Å². The topological polar surface area (TPSA) is 118 Å². The van der Waals surface area contributed by atoms with Gasteiger partial charge in [0.1, 0.15) is 0 Å². The Kier molecular flexibility index (Phi) is 8.78. The maximum atomic E-state index is 11.1. The zero-order valence-electron chi connectivity index (χ0n) is 21.9. The molecule has 12 heteroatoms. The van der Waals surface area contributed by atoms with E-state index in [0.29, 0.717) is 46.4 Å². The Hall–Kier alpha value is -3.73. The number of aromatic nitrogens is 5. The number of aliphatic carboxylic acids is 1. The number of carbonyl (C=O) groups is 1. The van der Waals surface area contributed by atoms with Crippen molar-refractivity contribution in [3.63, 3.8) is 0 Å². The van der Waals surface area contributed by atoms with E-state index < -0.39 is 5.97 Å². The number of anilines is 1. The zero-order chi connectivity index (χ0) is 28.1. The van der Waals surface area contributed by atoms with Crippen LogP contribution in [-0.2, 0) is 24.9 Å². The highest BCUT2D eigenvalue weighted by molar-refractivity contribution is 6.35. The van der Waals surface area contributed by atoms with E-state index in [1.54, 1.807) is 31.0 Å². The van der Waals surface area contributed by atoms with E-state index in [1.807, 2.05) is 35.9 Å². The molecule has 0 aliphatic carbocycles. The molecule has 208 valence electrons. The number of likely N-dealkylation sites (tertiary alicyclic amines) is 1. The molecule has 4 heterocycles. The third-order valence-electron chi connectivity index (χ3n) is 6.79. The Morgan fingerprint density at radius 1 is 1.07 bits per heavy atom. The third kappa shape index (κ3) is 7.47. The molecule has 3 aromatic heterocycles. The van der Waals surface area contributed by atoms with Gasteiger partial charge in [-0.3, -0.25) is 9.69 Å². The van der Waals surface area contributed by atoms with Crippen molar-refractivity contribution in [2.45, 2.75) is 32.4 Å². The molecule has 0 amide bonds. The van der Waals surface area contributed by atoms with Crippen molar-refractivity contribution >= 4 is 35.1 Å². The van der Waals surface area contributed by atoms with Crippen LogP contribution < -0.4 is 10.1 Å². The average Bonchev–Trinajstić information content (AvgIpc) is 3.33. The number of pyridine rings is 1. The molecule has 1 aromatic carbocycles. The fraction of sp³-hybridized carbons (Fsp3) is 0.321. The Morgan fingerprint density at radius 3 is 2.45 bits per heavy atom. The summed E-state index contributed by atoms with van der Waals surface area (Å²) in [6.45, 7) is 2.87. The lowest BCUT2D eigenvalue weighted by atomic mass is 9.93. The molecule has 0 bridgehead atoms. The van der Waals surface area contributed by atoms with Crippen molar-refractivity contribution in [3.05, 3.63) is 76.6 Å². The molecule has 40 heavy (non-hydrogen) atoms. The summed E-state index contributed by atoms with van der Waals surface area (Å²) in [6, 6.07) is 9.20. The molecular formula is C28H29Cl2N7O3. The van der Waals surface area contributed by atoms with Crippen LogP contribution in [0.1, 0.15) is 30.5 Å². The van der Waals surface area contributed by atoms with Gasteiger partial charge in [-0.25, -0.2) is 19.9 Å². The molecule has 5 rings (SSSR count). The van der Waals surface area contributed by atoms with Gasteiger partial charge >= 0.3 is 5.97 Å². The maximum absolute atomic E-state index is 11.1.